The molecule has 0 fully saturated rings. The zero-order valence-corrected chi connectivity index (χ0v) is 18.6. The van der Waals surface area contributed by atoms with E-state index in [0.717, 1.165) is 53.0 Å². The molecule has 1 unspecified atom stereocenters. The van der Waals surface area contributed by atoms with E-state index in [4.69, 9.17) is 11.6 Å². The summed E-state index contributed by atoms with van der Waals surface area (Å²) in [6.07, 6.45) is 9.01. The van der Waals surface area contributed by atoms with Crippen LogP contribution in [0.4, 0.5) is 0 Å². The van der Waals surface area contributed by atoms with Crippen molar-refractivity contribution in [2.45, 2.75) is 44.8 Å². The summed E-state index contributed by atoms with van der Waals surface area (Å²) in [4.78, 5) is 24.2. The van der Waals surface area contributed by atoms with Gasteiger partial charge in [0.1, 0.15) is 4.83 Å². The van der Waals surface area contributed by atoms with Crippen molar-refractivity contribution in [3.8, 4) is 0 Å². The molecular weight excluding hydrogens is 428 g/mol. The molecule has 5 nitrogen and oxygen atoms in total. The van der Waals surface area contributed by atoms with Gasteiger partial charge in [0, 0.05) is 41.4 Å². The van der Waals surface area contributed by atoms with Crippen LogP contribution in [0.2, 0.25) is 5.02 Å². The fourth-order valence-electron chi connectivity index (χ4n) is 4.24. The smallest absolute Gasteiger partial charge is 0.262 e. The number of hydrogen-bond acceptors (Lipinski definition) is 5. The third-order valence-corrected chi connectivity index (χ3v) is 7.28. The third kappa shape index (κ3) is 4.42. The van der Waals surface area contributed by atoms with Gasteiger partial charge in [-0.05, 0) is 60.6 Å². The van der Waals surface area contributed by atoms with E-state index >= 15 is 0 Å². The van der Waals surface area contributed by atoms with Gasteiger partial charge < -0.3 is 5.32 Å². The maximum absolute atomic E-state index is 13.2. The molecule has 0 radical (unpaired) electrons. The quantitative estimate of drug-likeness (QED) is 0.473. The first-order chi connectivity index (χ1) is 15.2. The van der Waals surface area contributed by atoms with Gasteiger partial charge in [-0.2, -0.15) is 0 Å². The first kappa shape index (κ1) is 20.4. The lowest BCUT2D eigenvalue weighted by Crippen LogP contribution is -2.33. The molecule has 0 bridgehead atoms. The van der Waals surface area contributed by atoms with Crippen LogP contribution in [-0.2, 0) is 32.4 Å². The number of aromatic nitrogens is 3. The second-order valence-corrected chi connectivity index (χ2v) is 9.51. The molecule has 158 valence electrons. The van der Waals surface area contributed by atoms with E-state index in [1.165, 1.54) is 16.0 Å². The Kier molecular flexibility index (Phi) is 5.85. The molecule has 0 spiro atoms. The molecular formula is C24H23ClN4OS. The number of pyridine rings is 1. The van der Waals surface area contributed by atoms with Crippen LogP contribution in [0.1, 0.15) is 28.0 Å². The summed E-state index contributed by atoms with van der Waals surface area (Å²) in [6.45, 7) is 1.41. The summed E-state index contributed by atoms with van der Waals surface area (Å²) in [5, 5.41) is 5.18. The van der Waals surface area contributed by atoms with Crippen molar-refractivity contribution in [1.29, 1.82) is 0 Å². The fourth-order valence-corrected chi connectivity index (χ4v) is 5.71. The highest BCUT2D eigenvalue weighted by atomic mass is 35.5. The lowest BCUT2D eigenvalue weighted by Gasteiger charge is -2.23. The van der Waals surface area contributed by atoms with Crippen molar-refractivity contribution in [2.24, 2.45) is 0 Å². The van der Waals surface area contributed by atoms with Crippen LogP contribution in [-0.4, -0.2) is 20.6 Å². The summed E-state index contributed by atoms with van der Waals surface area (Å²) in [5.74, 6) is 0. The fraction of sp³-hybridized carbons (Fsp3) is 0.292. The normalized spacial score (nSPS) is 15.8. The SMILES string of the molecule is O=c1c2c3c(sc2ncn1CCc1cccc(Cl)c1)CC(NCc1cccnc1)CC3. The van der Waals surface area contributed by atoms with E-state index in [-0.39, 0.29) is 5.56 Å². The molecule has 1 aliphatic carbocycles. The van der Waals surface area contributed by atoms with Gasteiger partial charge in [0.25, 0.3) is 5.56 Å². The second kappa shape index (κ2) is 8.91. The zero-order valence-electron chi connectivity index (χ0n) is 17.1. The van der Waals surface area contributed by atoms with E-state index in [2.05, 4.69) is 21.4 Å². The van der Waals surface area contributed by atoms with Crippen molar-refractivity contribution in [2.75, 3.05) is 0 Å². The Morgan fingerprint density at radius 1 is 1.23 bits per heavy atom. The standard InChI is InChI=1S/C24H23ClN4OS/c25-18-5-1-3-16(11-18)8-10-29-15-28-23-22(24(29)30)20-7-6-19(12-21(20)31-23)27-14-17-4-2-9-26-13-17/h1-5,9,11,13,15,19,27H,6-8,10,12,14H2. The number of benzene rings is 1. The molecule has 31 heavy (non-hydrogen) atoms. The summed E-state index contributed by atoms with van der Waals surface area (Å²) in [6, 6.07) is 12.2. The van der Waals surface area contributed by atoms with Crippen molar-refractivity contribution in [3.63, 3.8) is 0 Å². The zero-order chi connectivity index (χ0) is 21.2. The van der Waals surface area contributed by atoms with Crippen LogP contribution in [0.5, 0.6) is 0 Å². The summed E-state index contributed by atoms with van der Waals surface area (Å²) < 4.78 is 1.74. The molecule has 3 heterocycles. The number of thiophene rings is 1. The number of fused-ring (bicyclic) bond motifs is 3. The highest BCUT2D eigenvalue weighted by Gasteiger charge is 2.25. The Balaban J connectivity index is 1.33. The van der Waals surface area contributed by atoms with E-state index in [1.54, 1.807) is 28.4 Å². The number of nitrogens with one attached hydrogen (secondary N) is 1. The Morgan fingerprint density at radius 2 is 2.13 bits per heavy atom. The van der Waals surface area contributed by atoms with Crippen LogP contribution in [0.3, 0.4) is 0 Å². The topological polar surface area (TPSA) is 59.8 Å². The van der Waals surface area contributed by atoms with Crippen LogP contribution < -0.4 is 10.9 Å². The molecule has 0 amide bonds. The molecule has 5 rings (SSSR count). The molecule has 1 atom stereocenters. The van der Waals surface area contributed by atoms with E-state index in [0.29, 0.717) is 12.6 Å². The average molecular weight is 451 g/mol. The summed E-state index contributed by atoms with van der Waals surface area (Å²) in [7, 11) is 0. The largest absolute Gasteiger partial charge is 0.309 e. The molecule has 7 heteroatoms. The van der Waals surface area contributed by atoms with Crippen LogP contribution in [0.25, 0.3) is 10.2 Å². The highest BCUT2D eigenvalue weighted by molar-refractivity contribution is 7.18. The second-order valence-electron chi connectivity index (χ2n) is 7.99. The minimum absolute atomic E-state index is 0.0753. The Hall–Kier alpha value is -2.54. The predicted octanol–water partition coefficient (Wildman–Crippen LogP) is 4.40. The van der Waals surface area contributed by atoms with Crippen molar-refractivity contribution >= 4 is 33.2 Å². The van der Waals surface area contributed by atoms with Gasteiger partial charge in [0.2, 0.25) is 0 Å². The molecule has 4 aromatic rings. The van der Waals surface area contributed by atoms with Crippen molar-refractivity contribution < 1.29 is 0 Å². The third-order valence-electron chi connectivity index (χ3n) is 5.88. The number of halogens is 1. The Labute approximate surface area is 189 Å². The predicted molar refractivity (Wildman–Crippen MR) is 126 cm³/mol. The number of rotatable bonds is 6. The first-order valence-electron chi connectivity index (χ1n) is 10.5. The number of nitrogens with zero attached hydrogens (tertiary/aromatic N) is 3. The lowest BCUT2D eigenvalue weighted by molar-refractivity contribution is 0.462. The van der Waals surface area contributed by atoms with Gasteiger partial charge in [0.05, 0.1) is 11.7 Å². The Morgan fingerprint density at radius 3 is 2.97 bits per heavy atom. The van der Waals surface area contributed by atoms with Crippen LogP contribution >= 0.6 is 22.9 Å². The minimum Gasteiger partial charge on any atom is -0.309 e. The molecule has 0 aliphatic heterocycles. The molecule has 1 aliphatic rings. The van der Waals surface area contributed by atoms with Gasteiger partial charge in [-0.3, -0.25) is 14.3 Å². The minimum atomic E-state index is 0.0753. The molecule has 0 saturated heterocycles. The Bertz CT molecular complexity index is 1270. The van der Waals surface area contributed by atoms with Crippen molar-refractivity contribution in [3.05, 3.63) is 92.1 Å². The summed E-state index contributed by atoms with van der Waals surface area (Å²) >= 11 is 7.75. The van der Waals surface area contributed by atoms with Crippen molar-refractivity contribution in [1.82, 2.24) is 19.9 Å². The van der Waals surface area contributed by atoms with Gasteiger partial charge in [-0.1, -0.05) is 29.8 Å². The summed E-state index contributed by atoms with van der Waals surface area (Å²) in [5.41, 5.74) is 3.59. The van der Waals surface area contributed by atoms with Crippen LogP contribution in [0, 0.1) is 0 Å². The number of hydrogen-bond donors (Lipinski definition) is 1. The van der Waals surface area contributed by atoms with Crippen LogP contribution in [0.15, 0.2) is 59.9 Å². The van der Waals surface area contributed by atoms with E-state index in [9.17, 15) is 4.79 Å². The van der Waals surface area contributed by atoms with Gasteiger partial charge >= 0.3 is 0 Å². The molecule has 3 aromatic heterocycles. The maximum atomic E-state index is 13.2. The average Bonchev–Trinajstić information content (AvgIpc) is 3.16. The van der Waals surface area contributed by atoms with Gasteiger partial charge in [-0.15, -0.1) is 11.3 Å². The molecule has 1 aromatic carbocycles. The molecule has 0 saturated carbocycles. The van der Waals surface area contributed by atoms with Gasteiger partial charge in [0.15, 0.2) is 0 Å². The number of aryl methyl sites for hydroxylation is 3. The van der Waals surface area contributed by atoms with Gasteiger partial charge in [-0.25, -0.2) is 4.98 Å². The maximum Gasteiger partial charge on any atom is 0.262 e. The van der Waals surface area contributed by atoms with E-state index in [1.807, 2.05) is 36.5 Å². The first-order valence-corrected chi connectivity index (χ1v) is 11.7. The molecule has 1 N–H and O–H groups in total. The highest BCUT2D eigenvalue weighted by Crippen LogP contribution is 2.33. The van der Waals surface area contributed by atoms with E-state index < -0.39 is 0 Å². The monoisotopic (exact) mass is 450 g/mol. The lowest BCUT2D eigenvalue weighted by atomic mass is 9.93.